The monoisotopic (exact) mass is 687 g/mol. The molecule has 1 aliphatic rings. The highest BCUT2D eigenvalue weighted by atomic mass is 32.3. The zero-order chi connectivity index (χ0) is 34.3. The summed E-state index contributed by atoms with van der Waals surface area (Å²) in [6, 6.07) is 0. The summed E-state index contributed by atoms with van der Waals surface area (Å²) >= 11 is 0. The molecule has 2 N–H and O–H groups in total. The van der Waals surface area contributed by atoms with Crippen LogP contribution in [-0.2, 0) is 24.1 Å². The standard InChI is InChI=1S/C39H74O7S/c1-2-3-4-5-6-7-8-9-12-15-18-21-24-27-30-33-38(41)45-39(37(36-40)46-47(42,43)44)34-31-28-25-22-19-16-13-10-11-14-17-20-23-26-29-32-35-39/h9,12,37,40H,2-8,10-11,13-36H2,1H3,(H,42,43,44)/b12-9-. The third kappa shape index (κ3) is 25.6. The molecule has 0 aromatic carbocycles. The highest BCUT2D eigenvalue weighted by Crippen LogP contribution is 2.34. The van der Waals surface area contributed by atoms with Gasteiger partial charge >= 0.3 is 16.4 Å². The Balaban J connectivity index is 2.63. The van der Waals surface area contributed by atoms with E-state index in [-0.39, 0.29) is 12.4 Å². The predicted octanol–water partition coefficient (Wildman–Crippen LogP) is 11.5. The Bertz CT molecular complexity index is 837. The molecule has 0 spiro atoms. The lowest BCUT2D eigenvalue weighted by molar-refractivity contribution is -0.178. The third-order valence-electron chi connectivity index (χ3n) is 9.90. The molecule has 1 fully saturated rings. The van der Waals surface area contributed by atoms with E-state index in [1.54, 1.807) is 0 Å². The van der Waals surface area contributed by atoms with Gasteiger partial charge < -0.3 is 9.84 Å². The van der Waals surface area contributed by atoms with Crippen LogP contribution in [-0.4, -0.2) is 42.4 Å². The van der Waals surface area contributed by atoms with Crippen molar-refractivity contribution in [2.24, 2.45) is 0 Å². The van der Waals surface area contributed by atoms with E-state index in [1.807, 2.05) is 0 Å². The number of ether oxygens (including phenoxy) is 1. The summed E-state index contributed by atoms with van der Waals surface area (Å²) < 4.78 is 44.3. The fourth-order valence-electron chi connectivity index (χ4n) is 6.99. The fourth-order valence-corrected chi connectivity index (χ4v) is 7.52. The summed E-state index contributed by atoms with van der Waals surface area (Å²) in [5, 5.41) is 10.3. The van der Waals surface area contributed by atoms with Crippen molar-refractivity contribution in [1.82, 2.24) is 0 Å². The van der Waals surface area contributed by atoms with Crippen molar-refractivity contribution in [3.05, 3.63) is 12.2 Å². The number of aliphatic hydroxyl groups is 1. The van der Waals surface area contributed by atoms with Gasteiger partial charge in [0.2, 0.25) is 0 Å². The largest absolute Gasteiger partial charge is 0.456 e. The van der Waals surface area contributed by atoms with Crippen LogP contribution >= 0.6 is 0 Å². The maximum Gasteiger partial charge on any atom is 0.397 e. The first-order valence-electron chi connectivity index (χ1n) is 20.0. The van der Waals surface area contributed by atoms with E-state index in [0.717, 1.165) is 83.5 Å². The molecular formula is C39H74O7S. The van der Waals surface area contributed by atoms with Gasteiger partial charge in [-0.2, -0.15) is 8.42 Å². The number of allylic oxidation sites excluding steroid dienone is 2. The van der Waals surface area contributed by atoms with Crippen molar-refractivity contribution < 1.29 is 31.8 Å². The lowest BCUT2D eigenvalue weighted by Crippen LogP contribution is -2.50. The van der Waals surface area contributed by atoms with Crippen LogP contribution in [0.5, 0.6) is 0 Å². The van der Waals surface area contributed by atoms with Gasteiger partial charge in [0, 0.05) is 6.42 Å². The van der Waals surface area contributed by atoms with Crippen LogP contribution in [0.1, 0.15) is 212 Å². The molecule has 1 atom stereocenters. The van der Waals surface area contributed by atoms with Crippen molar-refractivity contribution in [2.45, 2.75) is 224 Å². The summed E-state index contributed by atoms with van der Waals surface area (Å²) in [7, 11) is -4.84. The van der Waals surface area contributed by atoms with Crippen LogP contribution in [0.3, 0.4) is 0 Å². The molecule has 47 heavy (non-hydrogen) atoms. The second-order valence-electron chi connectivity index (χ2n) is 14.2. The summed E-state index contributed by atoms with van der Waals surface area (Å²) in [5.74, 6) is -0.376. The normalized spacial score (nSPS) is 19.0. The minimum absolute atomic E-state index is 0.254. The molecule has 0 bridgehead atoms. The van der Waals surface area contributed by atoms with Gasteiger partial charge in [0.1, 0.15) is 11.7 Å². The van der Waals surface area contributed by atoms with Crippen LogP contribution in [0.25, 0.3) is 0 Å². The van der Waals surface area contributed by atoms with Crippen LogP contribution in [0.4, 0.5) is 0 Å². The van der Waals surface area contributed by atoms with Crippen molar-refractivity contribution in [3.8, 4) is 0 Å². The summed E-state index contributed by atoms with van der Waals surface area (Å²) in [6.45, 7) is 1.60. The molecule has 0 radical (unpaired) electrons. The van der Waals surface area contributed by atoms with E-state index in [9.17, 15) is 22.9 Å². The van der Waals surface area contributed by atoms with E-state index >= 15 is 0 Å². The molecule has 1 saturated carbocycles. The average molecular weight is 687 g/mol. The van der Waals surface area contributed by atoms with Crippen molar-refractivity contribution in [1.29, 1.82) is 0 Å². The Morgan fingerprint density at radius 3 is 1.43 bits per heavy atom. The molecular weight excluding hydrogens is 612 g/mol. The molecule has 1 rings (SSSR count). The van der Waals surface area contributed by atoms with E-state index < -0.39 is 28.7 Å². The van der Waals surface area contributed by atoms with Gasteiger partial charge in [0.25, 0.3) is 0 Å². The molecule has 0 aliphatic heterocycles. The number of hydrogen-bond acceptors (Lipinski definition) is 6. The van der Waals surface area contributed by atoms with E-state index in [4.69, 9.17) is 8.92 Å². The Hall–Kier alpha value is -0.960. The Morgan fingerprint density at radius 1 is 0.638 bits per heavy atom. The smallest absolute Gasteiger partial charge is 0.397 e. The number of rotatable bonds is 20. The van der Waals surface area contributed by atoms with Gasteiger partial charge in [-0.25, -0.2) is 4.18 Å². The topological polar surface area (TPSA) is 110 Å². The van der Waals surface area contributed by atoms with Gasteiger partial charge in [-0.1, -0.05) is 160 Å². The first-order chi connectivity index (χ1) is 22.8. The lowest BCUT2D eigenvalue weighted by Gasteiger charge is -2.39. The molecule has 0 heterocycles. The Kier molecular flexibility index (Phi) is 28.0. The Labute approximate surface area is 290 Å². The summed E-state index contributed by atoms with van der Waals surface area (Å²) in [4.78, 5) is 13.2. The van der Waals surface area contributed by atoms with Gasteiger partial charge in [-0.15, -0.1) is 0 Å². The fraction of sp³-hybridized carbons (Fsp3) is 0.923. The van der Waals surface area contributed by atoms with E-state index in [1.165, 1.54) is 96.3 Å². The van der Waals surface area contributed by atoms with Crippen LogP contribution in [0, 0.1) is 0 Å². The quantitative estimate of drug-likeness (QED) is 0.0567. The zero-order valence-corrected chi connectivity index (χ0v) is 31.2. The second-order valence-corrected chi connectivity index (χ2v) is 15.3. The van der Waals surface area contributed by atoms with Gasteiger partial charge in [-0.3, -0.25) is 9.35 Å². The molecule has 7 nitrogen and oxygen atoms in total. The maximum atomic E-state index is 13.2. The van der Waals surface area contributed by atoms with Crippen molar-refractivity contribution >= 4 is 16.4 Å². The second kappa shape index (κ2) is 29.9. The average Bonchev–Trinajstić information content (AvgIpc) is 3.04. The minimum Gasteiger partial charge on any atom is -0.456 e. The highest BCUT2D eigenvalue weighted by molar-refractivity contribution is 7.80. The summed E-state index contributed by atoms with van der Waals surface area (Å²) in [6.07, 6.45) is 37.8. The number of aliphatic hydroxyl groups excluding tert-OH is 1. The first-order valence-corrected chi connectivity index (χ1v) is 21.3. The minimum atomic E-state index is -4.84. The Morgan fingerprint density at radius 2 is 1.02 bits per heavy atom. The molecule has 8 heteroatoms. The molecule has 0 aromatic rings. The van der Waals surface area contributed by atoms with E-state index in [2.05, 4.69) is 19.1 Å². The molecule has 1 unspecified atom stereocenters. The number of carbonyl (C=O) groups is 1. The highest BCUT2D eigenvalue weighted by Gasteiger charge is 2.44. The van der Waals surface area contributed by atoms with Crippen molar-refractivity contribution in [3.63, 3.8) is 0 Å². The first kappa shape index (κ1) is 44.1. The molecule has 0 saturated heterocycles. The third-order valence-corrected chi connectivity index (χ3v) is 10.4. The van der Waals surface area contributed by atoms with Gasteiger partial charge in [-0.05, 0) is 57.8 Å². The van der Waals surface area contributed by atoms with Crippen LogP contribution in [0.2, 0.25) is 0 Å². The zero-order valence-electron chi connectivity index (χ0n) is 30.4. The predicted molar refractivity (Wildman–Crippen MR) is 195 cm³/mol. The lowest BCUT2D eigenvalue weighted by atomic mass is 9.84. The number of unbranched alkanes of at least 4 members (excludes halogenated alkanes) is 11. The van der Waals surface area contributed by atoms with Gasteiger partial charge in [0.15, 0.2) is 0 Å². The molecule has 0 aromatic heterocycles. The van der Waals surface area contributed by atoms with Crippen LogP contribution in [0.15, 0.2) is 12.2 Å². The van der Waals surface area contributed by atoms with Crippen molar-refractivity contribution in [2.75, 3.05) is 6.61 Å². The van der Waals surface area contributed by atoms with Crippen LogP contribution < -0.4 is 0 Å². The number of hydrogen-bond donors (Lipinski definition) is 2. The van der Waals surface area contributed by atoms with E-state index in [0.29, 0.717) is 19.3 Å². The molecule has 278 valence electrons. The molecule has 1 aliphatic carbocycles. The molecule has 0 amide bonds. The van der Waals surface area contributed by atoms with Gasteiger partial charge in [0.05, 0.1) is 6.61 Å². The SMILES string of the molecule is CCCCCCCC/C=C\CCCCCCCC(=O)OC1(C(CO)OS(=O)(=O)O)CCCCCCCCCCCCCCCCCC1. The summed E-state index contributed by atoms with van der Waals surface area (Å²) in [5.41, 5.74) is -1.29. The number of carbonyl (C=O) groups excluding carboxylic acids is 1. The maximum absolute atomic E-state index is 13.2. The number of esters is 1.